The van der Waals surface area contributed by atoms with Crippen LogP contribution in [0.4, 0.5) is 0 Å². The Labute approximate surface area is 110 Å². The van der Waals surface area contributed by atoms with Crippen molar-refractivity contribution in [3.63, 3.8) is 0 Å². The van der Waals surface area contributed by atoms with Gasteiger partial charge in [-0.15, -0.1) is 0 Å². The van der Waals surface area contributed by atoms with Gasteiger partial charge < -0.3 is 10.3 Å². The summed E-state index contributed by atoms with van der Waals surface area (Å²) < 4.78 is 1.03. The minimum absolute atomic E-state index is 0.112. The number of nitrogens with zero attached hydrogens (tertiary/aromatic N) is 1. The predicted molar refractivity (Wildman–Crippen MR) is 72.9 cm³/mol. The summed E-state index contributed by atoms with van der Waals surface area (Å²) in [5.41, 5.74) is 2.15. The molecule has 0 spiro atoms. The lowest BCUT2D eigenvalue weighted by Gasteiger charge is -2.18. The number of aromatic nitrogens is 2. The molecule has 2 heterocycles. The van der Waals surface area contributed by atoms with E-state index < -0.39 is 0 Å². The number of hydrogen-bond acceptors (Lipinski definition) is 2. The summed E-state index contributed by atoms with van der Waals surface area (Å²) >= 11 is 3.56. The first-order chi connectivity index (χ1) is 8.33. The molecule has 0 bridgehead atoms. The average molecular weight is 294 g/mol. The van der Waals surface area contributed by atoms with E-state index in [9.17, 15) is 0 Å². The van der Waals surface area contributed by atoms with Crippen LogP contribution < -0.4 is 5.32 Å². The fourth-order valence-corrected chi connectivity index (χ4v) is 2.26. The van der Waals surface area contributed by atoms with Crippen LogP contribution in [0.15, 0.2) is 41.1 Å². The second-order valence-electron chi connectivity index (χ2n) is 3.88. The third kappa shape index (κ3) is 2.96. The van der Waals surface area contributed by atoms with Crippen molar-refractivity contribution in [2.24, 2.45) is 0 Å². The molecule has 2 N–H and O–H groups in total. The molecule has 0 radical (unpaired) electrons. The van der Waals surface area contributed by atoms with Gasteiger partial charge in [0.1, 0.15) is 0 Å². The number of halogens is 1. The van der Waals surface area contributed by atoms with Crippen molar-refractivity contribution >= 4 is 15.9 Å². The first-order valence-electron chi connectivity index (χ1n) is 5.80. The van der Waals surface area contributed by atoms with E-state index in [0.717, 1.165) is 28.8 Å². The summed E-state index contributed by atoms with van der Waals surface area (Å²) in [7, 11) is 0. The third-order valence-corrected chi connectivity index (χ3v) is 3.26. The van der Waals surface area contributed by atoms with Crippen molar-refractivity contribution in [3.8, 4) is 0 Å². The summed E-state index contributed by atoms with van der Waals surface area (Å²) in [6.07, 6.45) is 4.86. The zero-order chi connectivity index (χ0) is 12.1. The Morgan fingerprint density at radius 3 is 2.94 bits per heavy atom. The second-order valence-corrected chi connectivity index (χ2v) is 4.74. The van der Waals surface area contributed by atoms with E-state index in [1.165, 1.54) is 0 Å². The van der Waals surface area contributed by atoms with Gasteiger partial charge in [0.05, 0.1) is 11.7 Å². The monoisotopic (exact) mass is 293 g/mol. The van der Waals surface area contributed by atoms with E-state index in [-0.39, 0.29) is 6.04 Å². The van der Waals surface area contributed by atoms with E-state index >= 15 is 0 Å². The maximum Gasteiger partial charge on any atom is 0.0914 e. The molecule has 0 saturated heterocycles. The maximum atomic E-state index is 4.46. The quantitative estimate of drug-likeness (QED) is 0.888. The molecule has 3 nitrogen and oxygen atoms in total. The minimum atomic E-state index is 0.112. The van der Waals surface area contributed by atoms with E-state index in [1.807, 2.05) is 30.6 Å². The van der Waals surface area contributed by atoms with Crippen LogP contribution >= 0.6 is 15.9 Å². The lowest BCUT2D eigenvalue weighted by molar-refractivity contribution is 0.575. The highest BCUT2D eigenvalue weighted by molar-refractivity contribution is 9.10. The van der Waals surface area contributed by atoms with Crippen molar-refractivity contribution in [2.45, 2.75) is 19.4 Å². The van der Waals surface area contributed by atoms with Crippen molar-refractivity contribution in [1.82, 2.24) is 15.3 Å². The Kier molecular flexibility index (Phi) is 4.34. The van der Waals surface area contributed by atoms with Gasteiger partial charge in [0.15, 0.2) is 0 Å². The first-order valence-corrected chi connectivity index (χ1v) is 6.59. The number of aromatic amines is 1. The normalized spacial score (nSPS) is 12.6. The van der Waals surface area contributed by atoms with Crippen molar-refractivity contribution in [3.05, 3.63) is 52.5 Å². The molecule has 1 atom stereocenters. The van der Waals surface area contributed by atoms with Gasteiger partial charge in [-0.3, -0.25) is 4.98 Å². The molecule has 0 aliphatic heterocycles. The molecule has 0 aliphatic carbocycles. The predicted octanol–water partition coefficient (Wildman–Crippen LogP) is 3.26. The van der Waals surface area contributed by atoms with E-state index in [1.54, 1.807) is 0 Å². The summed E-state index contributed by atoms with van der Waals surface area (Å²) in [6.45, 7) is 3.12. The average Bonchev–Trinajstić information content (AvgIpc) is 2.85. The SMILES string of the molecule is CCCNC(c1ccc[nH]1)c1ncccc1Br. The molecule has 4 heteroatoms. The van der Waals surface area contributed by atoms with E-state index in [2.05, 4.69) is 44.2 Å². The molecule has 2 aromatic heterocycles. The van der Waals surface area contributed by atoms with Gasteiger partial charge in [-0.2, -0.15) is 0 Å². The van der Waals surface area contributed by atoms with Crippen LogP contribution in [0.3, 0.4) is 0 Å². The Hall–Kier alpha value is -1.13. The van der Waals surface area contributed by atoms with Crippen LogP contribution in [0.5, 0.6) is 0 Å². The molecule has 0 fully saturated rings. The Morgan fingerprint density at radius 1 is 1.41 bits per heavy atom. The fourth-order valence-electron chi connectivity index (χ4n) is 1.78. The topological polar surface area (TPSA) is 40.7 Å². The zero-order valence-electron chi connectivity index (χ0n) is 9.78. The number of nitrogens with one attached hydrogen (secondary N) is 2. The summed E-state index contributed by atoms with van der Waals surface area (Å²) in [5.74, 6) is 0. The number of hydrogen-bond donors (Lipinski definition) is 2. The molecular formula is C13H16BrN3. The molecular weight excluding hydrogens is 278 g/mol. The number of H-pyrrole nitrogens is 1. The Morgan fingerprint density at radius 2 is 2.29 bits per heavy atom. The van der Waals surface area contributed by atoms with Gasteiger partial charge in [0, 0.05) is 22.6 Å². The largest absolute Gasteiger partial charge is 0.363 e. The van der Waals surface area contributed by atoms with Gasteiger partial charge in [-0.1, -0.05) is 6.92 Å². The van der Waals surface area contributed by atoms with Crippen LogP contribution in [0.25, 0.3) is 0 Å². The van der Waals surface area contributed by atoms with Crippen molar-refractivity contribution in [2.75, 3.05) is 6.54 Å². The molecule has 17 heavy (non-hydrogen) atoms. The highest BCUT2D eigenvalue weighted by Gasteiger charge is 2.17. The Bertz CT molecular complexity index is 453. The molecule has 90 valence electrons. The summed E-state index contributed by atoms with van der Waals surface area (Å²) in [6, 6.07) is 8.15. The van der Waals surface area contributed by atoms with Gasteiger partial charge in [-0.05, 0) is 53.2 Å². The van der Waals surface area contributed by atoms with Gasteiger partial charge >= 0.3 is 0 Å². The smallest absolute Gasteiger partial charge is 0.0914 e. The molecule has 0 amide bonds. The first kappa shape index (κ1) is 12.3. The second kappa shape index (κ2) is 5.98. The summed E-state index contributed by atoms with van der Waals surface area (Å²) in [5, 5.41) is 3.51. The van der Waals surface area contributed by atoms with Crippen LogP contribution in [0.1, 0.15) is 30.8 Å². The lowest BCUT2D eigenvalue weighted by atomic mass is 10.1. The number of rotatable bonds is 5. The minimum Gasteiger partial charge on any atom is -0.363 e. The van der Waals surface area contributed by atoms with Crippen LogP contribution in [0, 0.1) is 0 Å². The van der Waals surface area contributed by atoms with Gasteiger partial charge in [0.2, 0.25) is 0 Å². The fraction of sp³-hybridized carbons (Fsp3) is 0.308. The molecule has 0 saturated carbocycles. The molecule has 1 unspecified atom stereocenters. The highest BCUT2D eigenvalue weighted by Crippen LogP contribution is 2.25. The Balaban J connectivity index is 2.30. The maximum absolute atomic E-state index is 4.46. The summed E-state index contributed by atoms with van der Waals surface area (Å²) in [4.78, 5) is 7.71. The lowest BCUT2D eigenvalue weighted by Crippen LogP contribution is -2.24. The molecule has 2 rings (SSSR count). The van der Waals surface area contributed by atoms with E-state index in [4.69, 9.17) is 0 Å². The zero-order valence-corrected chi connectivity index (χ0v) is 11.4. The van der Waals surface area contributed by atoms with Crippen LogP contribution in [-0.4, -0.2) is 16.5 Å². The van der Waals surface area contributed by atoms with Crippen LogP contribution in [-0.2, 0) is 0 Å². The molecule has 2 aromatic rings. The van der Waals surface area contributed by atoms with E-state index in [0.29, 0.717) is 0 Å². The van der Waals surface area contributed by atoms with Crippen molar-refractivity contribution in [1.29, 1.82) is 0 Å². The standard InChI is InChI=1S/C13H16BrN3/c1-2-7-16-13(11-6-4-8-15-11)12-10(14)5-3-9-17-12/h3-6,8-9,13,15-16H,2,7H2,1H3. The van der Waals surface area contributed by atoms with Gasteiger partial charge in [0.25, 0.3) is 0 Å². The molecule has 0 aromatic carbocycles. The number of pyridine rings is 1. The van der Waals surface area contributed by atoms with Gasteiger partial charge in [-0.25, -0.2) is 0 Å². The molecule has 0 aliphatic rings. The van der Waals surface area contributed by atoms with Crippen molar-refractivity contribution < 1.29 is 0 Å². The van der Waals surface area contributed by atoms with Crippen LogP contribution in [0.2, 0.25) is 0 Å². The third-order valence-electron chi connectivity index (χ3n) is 2.59. The highest BCUT2D eigenvalue weighted by atomic mass is 79.9.